The number of benzene rings is 1. The molecule has 0 unspecified atom stereocenters. The Bertz CT molecular complexity index is 449. The van der Waals surface area contributed by atoms with Crippen LogP contribution in [0.15, 0.2) is 18.2 Å². The predicted molar refractivity (Wildman–Crippen MR) is 70.6 cm³/mol. The molecule has 0 bridgehead atoms. The Balaban J connectivity index is 2.01. The number of aryl methyl sites for hydroxylation is 2. The first-order valence-electron chi connectivity index (χ1n) is 6.45. The third-order valence-electron chi connectivity index (χ3n) is 3.36. The molecular weight excluding hydrogens is 226 g/mol. The number of Topliss-reactive ketones (excluding diaryl/α,β-unsaturated/α-hetero) is 1. The first-order chi connectivity index (χ1) is 8.54. The van der Waals surface area contributed by atoms with Gasteiger partial charge in [0.25, 0.3) is 5.91 Å². The average Bonchev–Trinajstić information content (AvgIpc) is 2.31. The Kier molecular flexibility index (Phi) is 3.80. The zero-order valence-electron chi connectivity index (χ0n) is 11.0. The van der Waals surface area contributed by atoms with Gasteiger partial charge in [0.1, 0.15) is 5.78 Å². The van der Waals surface area contributed by atoms with Gasteiger partial charge in [0.15, 0.2) is 0 Å². The van der Waals surface area contributed by atoms with Crippen molar-refractivity contribution < 1.29 is 9.59 Å². The minimum Gasteiger partial charge on any atom is -0.349 e. The molecule has 0 saturated heterocycles. The third kappa shape index (κ3) is 3.19. The smallest absolute Gasteiger partial charge is 0.251 e. The molecule has 0 radical (unpaired) electrons. The molecule has 0 aliphatic heterocycles. The molecule has 0 heterocycles. The summed E-state index contributed by atoms with van der Waals surface area (Å²) in [7, 11) is 0. The second kappa shape index (κ2) is 5.34. The fourth-order valence-corrected chi connectivity index (χ4v) is 2.46. The molecule has 1 aromatic rings. The highest BCUT2D eigenvalue weighted by Crippen LogP contribution is 2.16. The maximum atomic E-state index is 12.1. The summed E-state index contributed by atoms with van der Waals surface area (Å²) in [5, 5.41) is 3.02. The standard InChI is InChI=1S/C15H19NO2/c1-10-7-11(2)9-12(8-10)15(18)16-13-3-5-14(17)6-4-13/h7-9,13H,3-6H2,1-2H3,(H,16,18). The fraction of sp³-hybridized carbons (Fsp3) is 0.467. The number of nitrogens with one attached hydrogen (secondary N) is 1. The van der Waals surface area contributed by atoms with E-state index in [-0.39, 0.29) is 11.9 Å². The topological polar surface area (TPSA) is 46.2 Å². The van der Waals surface area contributed by atoms with E-state index in [2.05, 4.69) is 11.4 Å². The molecule has 1 aromatic carbocycles. The van der Waals surface area contributed by atoms with Crippen LogP contribution >= 0.6 is 0 Å². The molecule has 1 aliphatic rings. The Labute approximate surface area is 108 Å². The molecule has 1 fully saturated rings. The molecule has 1 aliphatic carbocycles. The minimum atomic E-state index is -0.0267. The van der Waals surface area contributed by atoms with Gasteiger partial charge in [0, 0.05) is 24.4 Å². The van der Waals surface area contributed by atoms with Crippen molar-refractivity contribution >= 4 is 11.7 Å². The van der Waals surface area contributed by atoms with Gasteiger partial charge in [-0.1, -0.05) is 17.2 Å². The number of carbonyl (C=O) groups is 2. The van der Waals surface area contributed by atoms with Crippen LogP contribution in [0.4, 0.5) is 0 Å². The molecule has 96 valence electrons. The Morgan fingerprint density at radius 3 is 2.22 bits per heavy atom. The minimum absolute atomic E-state index is 0.0267. The van der Waals surface area contributed by atoms with Gasteiger partial charge in [0.05, 0.1) is 0 Å². The van der Waals surface area contributed by atoms with E-state index in [0.29, 0.717) is 24.2 Å². The first kappa shape index (κ1) is 12.8. The van der Waals surface area contributed by atoms with E-state index in [9.17, 15) is 9.59 Å². The zero-order chi connectivity index (χ0) is 13.1. The first-order valence-corrected chi connectivity index (χ1v) is 6.45. The number of ketones is 1. The molecule has 18 heavy (non-hydrogen) atoms. The van der Waals surface area contributed by atoms with Crippen molar-refractivity contribution in [3.63, 3.8) is 0 Å². The number of hydrogen-bond acceptors (Lipinski definition) is 2. The largest absolute Gasteiger partial charge is 0.349 e. The molecule has 1 N–H and O–H groups in total. The quantitative estimate of drug-likeness (QED) is 0.870. The summed E-state index contributed by atoms with van der Waals surface area (Å²) in [5.41, 5.74) is 2.90. The summed E-state index contributed by atoms with van der Waals surface area (Å²) in [6.07, 6.45) is 2.74. The van der Waals surface area contributed by atoms with E-state index in [1.54, 1.807) is 0 Å². The fourth-order valence-electron chi connectivity index (χ4n) is 2.46. The van der Waals surface area contributed by atoms with E-state index in [0.717, 1.165) is 24.0 Å². The lowest BCUT2D eigenvalue weighted by Crippen LogP contribution is -2.37. The van der Waals surface area contributed by atoms with Crippen molar-refractivity contribution in [1.82, 2.24) is 5.32 Å². The Hall–Kier alpha value is -1.64. The van der Waals surface area contributed by atoms with Crippen LogP contribution in [0.1, 0.15) is 47.2 Å². The maximum absolute atomic E-state index is 12.1. The zero-order valence-corrected chi connectivity index (χ0v) is 11.0. The molecule has 0 aromatic heterocycles. The molecule has 0 spiro atoms. The maximum Gasteiger partial charge on any atom is 0.251 e. The van der Waals surface area contributed by atoms with Gasteiger partial charge in [0.2, 0.25) is 0 Å². The molecule has 3 heteroatoms. The molecule has 1 amide bonds. The number of amides is 1. The summed E-state index contributed by atoms with van der Waals surface area (Å²) in [6.45, 7) is 3.98. The molecular formula is C15H19NO2. The molecule has 3 nitrogen and oxygen atoms in total. The highest BCUT2D eigenvalue weighted by atomic mass is 16.1. The highest BCUT2D eigenvalue weighted by molar-refractivity contribution is 5.95. The molecule has 1 saturated carbocycles. The lowest BCUT2D eigenvalue weighted by Gasteiger charge is -2.22. The second-order valence-electron chi connectivity index (χ2n) is 5.16. The highest BCUT2D eigenvalue weighted by Gasteiger charge is 2.20. The van der Waals surface area contributed by atoms with E-state index in [1.807, 2.05) is 26.0 Å². The van der Waals surface area contributed by atoms with Crippen LogP contribution in [0.3, 0.4) is 0 Å². The van der Waals surface area contributed by atoms with Crippen molar-refractivity contribution in [1.29, 1.82) is 0 Å². The lowest BCUT2D eigenvalue weighted by molar-refractivity contribution is -0.120. The van der Waals surface area contributed by atoms with Crippen LogP contribution in [-0.4, -0.2) is 17.7 Å². The van der Waals surface area contributed by atoms with E-state index in [1.165, 1.54) is 0 Å². The molecule has 0 atom stereocenters. The van der Waals surface area contributed by atoms with Gasteiger partial charge in [-0.05, 0) is 38.8 Å². The van der Waals surface area contributed by atoms with E-state index >= 15 is 0 Å². The predicted octanol–water partition coefficient (Wildman–Crippen LogP) is 2.54. The van der Waals surface area contributed by atoms with Crippen LogP contribution in [-0.2, 0) is 4.79 Å². The number of hydrogen-bond donors (Lipinski definition) is 1. The van der Waals surface area contributed by atoms with Crippen molar-refractivity contribution in [2.45, 2.75) is 45.6 Å². The van der Waals surface area contributed by atoms with Crippen LogP contribution < -0.4 is 5.32 Å². The van der Waals surface area contributed by atoms with Crippen LogP contribution in [0.25, 0.3) is 0 Å². The van der Waals surface area contributed by atoms with Crippen LogP contribution in [0, 0.1) is 13.8 Å². The SMILES string of the molecule is Cc1cc(C)cc(C(=O)NC2CCC(=O)CC2)c1. The third-order valence-corrected chi connectivity index (χ3v) is 3.36. The van der Waals surface area contributed by atoms with E-state index < -0.39 is 0 Å². The number of rotatable bonds is 2. The van der Waals surface area contributed by atoms with Crippen molar-refractivity contribution in [3.8, 4) is 0 Å². The summed E-state index contributed by atoms with van der Waals surface area (Å²) in [4.78, 5) is 23.2. The summed E-state index contributed by atoms with van der Waals surface area (Å²) in [5.74, 6) is 0.285. The Morgan fingerprint density at radius 1 is 1.11 bits per heavy atom. The van der Waals surface area contributed by atoms with Crippen molar-refractivity contribution in [3.05, 3.63) is 34.9 Å². The monoisotopic (exact) mass is 245 g/mol. The van der Waals surface area contributed by atoms with Gasteiger partial charge in [-0.15, -0.1) is 0 Å². The van der Waals surface area contributed by atoms with Crippen LogP contribution in [0.2, 0.25) is 0 Å². The summed E-state index contributed by atoms with van der Waals surface area (Å²) < 4.78 is 0. The van der Waals surface area contributed by atoms with Gasteiger partial charge < -0.3 is 5.32 Å². The normalized spacial score (nSPS) is 16.7. The van der Waals surface area contributed by atoms with Gasteiger partial charge >= 0.3 is 0 Å². The lowest BCUT2D eigenvalue weighted by atomic mass is 9.94. The van der Waals surface area contributed by atoms with Gasteiger partial charge in [-0.2, -0.15) is 0 Å². The Morgan fingerprint density at radius 2 is 1.67 bits per heavy atom. The summed E-state index contributed by atoms with van der Waals surface area (Å²) >= 11 is 0. The molecule has 2 rings (SSSR count). The number of carbonyl (C=O) groups excluding carboxylic acids is 2. The van der Waals surface area contributed by atoms with Crippen molar-refractivity contribution in [2.24, 2.45) is 0 Å². The van der Waals surface area contributed by atoms with Gasteiger partial charge in [-0.3, -0.25) is 9.59 Å². The average molecular weight is 245 g/mol. The van der Waals surface area contributed by atoms with Crippen molar-refractivity contribution in [2.75, 3.05) is 0 Å². The van der Waals surface area contributed by atoms with Crippen LogP contribution in [0.5, 0.6) is 0 Å². The summed E-state index contributed by atoms with van der Waals surface area (Å²) in [6, 6.07) is 6.00. The van der Waals surface area contributed by atoms with E-state index in [4.69, 9.17) is 0 Å². The van der Waals surface area contributed by atoms with Gasteiger partial charge in [-0.25, -0.2) is 0 Å². The second-order valence-corrected chi connectivity index (χ2v) is 5.16.